The third-order valence-electron chi connectivity index (χ3n) is 2.96. The fourth-order valence-electron chi connectivity index (χ4n) is 1.91. The number of nitrogens with zero attached hydrogens (tertiary/aromatic N) is 3. The molecule has 4 nitrogen and oxygen atoms in total. The van der Waals surface area contributed by atoms with Crippen LogP contribution in [0.2, 0.25) is 0 Å². The van der Waals surface area contributed by atoms with Gasteiger partial charge in [0, 0.05) is 18.0 Å². The quantitative estimate of drug-likeness (QED) is 0.655. The molecule has 0 unspecified atom stereocenters. The number of para-hydroxylation sites is 2. The van der Waals surface area contributed by atoms with Crippen LogP contribution >= 0.6 is 0 Å². The van der Waals surface area contributed by atoms with Crippen LogP contribution in [0.3, 0.4) is 0 Å². The Morgan fingerprint density at radius 2 is 1.84 bits per heavy atom. The first-order valence-corrected chi connectivity index (χ1v) is 5.93. The minimum Gasteiger partial charge on any atom is -0.287 e. The smallest absolute Gasteiger partial charge is 0.214 e. The molecule has 3 aromatic rings. The van der Waals surface area contributed by atoms with E-state index in [0.29, 0.717) is 11.3 Å². The lowest BCUT2D eigenvalue weighted by molar-refractivity contribution is 0.103. The van der Waals surface area contributed by atoms with Gasteiger partial charge in [0.05, 0.1) is 17.2 Å². The predicted molar refractivity (Wildman–Crippen MR) is 71.9 cm³/mol. The highest BCUT2D eigenvalue weighted by atomic mass is 16.1. The standard InChI is InChI=1S/C15H11N3O/c1-10-6-7-16-8-11(10)15(19)14-9-17-12-4-2-3-5-13(12)18-14/h2-9H,1H3. The Morgan fingerprint density at radius 3 is 2.63 bits per heavy atom. The number of ketones is 1. The van der Waals surface area contributed by atoms with Crippen molar-refractivity contribution in [1.29, 1.82) is 0 Å². The Kier molecular flexibility index (Phi) is 2.76. The molecule has 2 heterocycles. The Morgan fingerprint density at radius 1 is 1.05 bits per heavy atom. The molecule has 3 rings (SSSR count). The van der Waals surface area contributed by atoms with Gasteiger partial charge in [-0.15, -0.1) is 0 Å². The van der Waals surface area contributed by atoms with E-state index in [9.17, 15) is 4.79 Å². The van der Waals surface area contributed by atoms with Gasteiger partial charge in [-0.2, -0.15) is 0 Å². The molecular weight excluding hydrogens is 238 g/mol. The van der Waals surface area contributed by atoms with Gasteiger partial charge in [0.2, 0.25) is 5.78 Å². The first kappa shape index (κ1) is 11.5. The summed E-state index contributed by atoms with van der Waals surface area (Å²) in [6.45, 7) is 1.88. The second-order valence-electron chi connectivity index (χ2n) is 4.26. The van der Waals surface area contributed by atoms with Crippen LogP contribution in [-0.4, -0.2) is 20.7 Å². The van der Waals surface area contributed by atoms with Gasteiger partial charge >= 0.3 is 0 Å². The van der Waals surface area contributed by atoms with E-state index in [1.165, 1.54) is 6.20 Å². The minimum atomic E-state index is -0.149. The number of hydrogen-bond donors (Lipinski definition) is 0. The zero-order valence-corrected chi connectivity index (χ0v) is 10.4. The summed E-state index contributed by atoms with van der Waals surface area (Å²) in [4.78, 5) is 25.0. The predicted octanol–water partition coefficient (Wildman–Crippen LogP) is 2.56. The molecule has 0 aliphatic heterocycles. The van der Waals surface area contributed by atoms with Crippen molar-refractivity contribution in [3.05, 3.63) is 65.7 Å². The lowest BCUT2D eigenvalue weighted by atomic mass is 10.1. The number of fused-ring (bicyclic) bond motifs is 1. The summed E-state index contributed by atoms with van der Waals surface area (Å²) < 4.78 is 0. The van der Waals surface area contributed by atoms with E-state index >= 15 is 0 Å². The number of hydrogen-bond acceptors (Lipinski definition) is 4. The van der Waals surface area contributed by atoms with Crippen LogP contribution in [-0.2, 0) is 0 Å². The molecule has 0 bridgehead atoms. The normalized spacial score (nSPS) is 10.6. The van der Waals surface area contributed by atoms with Crippen molar-refractivity contribution in [2.75, 3.05) is 0 Å². The molecule has 0 fully saturated rings. The van der Waals surface area contributed by atoms with Crippen molar-refractivity contribution >= 4 is 16.8 Å². The maximum Gasteiger partial charge on any atom is 0.214 e. The number of carbonyl (C=O) groups excluding carboxylic acids is 1. The summed E-state index contributed by atoms with van der Waals surface area (Å²) in [6, 6.07) is 9.28. The Bertz CT molecular complexity index is 768. The van der Waals surface area contributed by atoms with Crippen LogP contribution in [0.1, 0.15) is 21.6 Å². The second-order valence-corrected chi connectivity index (χ2v) is 4.26. The number of aromatic nitrogens is 3. The number of pyridine rings is 1. The van der Waals surface area contributed by atoms with Crippen molar-refractivity contribution in [3.63, 3.8) is 0 Å². The zero-order chi connectivity index (χ0) is 13.2. The van der Waals surface area contributed by atoms with Crippen LogP contribution in [0.4, 0.5) is 0 Å². The van der Waals surface area contributed by atoms with Gasteiger partial charge in [-0.3, -0.25) is 14.8 Å². The molecule has 19 heavy (non-hydrogen) atoms. The molecule has 92 valence electrons. The number of aryl methyl sites for hydroxylation is 1. The van der Waals surface area contributed by atoms with Crippen molar-refractivity contribution in [2.45, 2.75) is 6.92 Å². The molecule has 0 aliphatic rings. The molecule has 0 saturated carbocycles. The zero-order valence-electron chi connectivity index (χ0n) is 10.4. The number of carbonyl (C=O) groups is 1. The van der Waals surface area contributed by atoms with Gasteiger partial charge in [-0.25, -0.2) is 4.98 Å². The molecule has 0 spiro atoms. The maximum absolute atomic E-state index is 12.4. The van der Waals surface area contributed by atoms with E-state index in [2.05, 4.69) is 15.0 Å². The van der Waals surface area contributed by atoms with Gasteiger partial charge < -0.3 is 0 Å². The van der Waals surface area contributed by atoms with E-state index < -0.39 is 0 Å². The van der Waals surface area contributed by atoms with Crippen molar-refractivity contribution in [1.82, 2.24) is 15.0 Å². The molecular formula is C15H11N3O. The molecule has 0 saturated heterocycles. The monoisotopic (exact) mass is 249 g/mol. The van der Waals surface area contributed by atoms with E-state index in [0.717, 1.165) is 16.6 Å². The summed E-state index contributed by atoms with van der Waals surface area (Å²) in [7, 11) is 0. The minimum absolute atomic E-state index is 0.149. The van der Waals surface area contributed by atoms with Gasteiger partial charge in [0.25, 0.3) is 0 Å². The highest BCUT2D eigenvalue weighted by molar-refractivity contribution is 6.08. The average molecular weight is 249 g/mol. The SMILES string of the molecule is Cc1ccncc1C(=O)c1cnc2ccccc2n1. The van der Waals surface area contributed by atoms with E-state index in [1.54, 1.807) is 12.4 Å². The lowest BCUT2D eigenvalue weighted by Gasteiger charge is -2.04. The Balaban J connectivity index is 2.09. The second kappa shape index (κ2) is 4.57. The van der Waals surface area contributed by atoms with Crippen molar-refractivity contribution in [3.8, 4) is 0 Å². The molecule has 0 aliphatic carbocycles. The fraction of sp³-hybridized carbons (Fsp3) is 0.0667. The first-order chi connectivity index (χ1) is 9.25. The summed E-state index contributed by atoms with van der Waals surface area (Å²) in [6.07, 6.45) is 4.74. The molecule has 0 amide bonds. The summed E-state index contributed by atoms with van der Waals surface area (Å²) >= 11 is 0. The maximum atomic E-state index is 12.4. The van der Waals surface area contributed by atoms with Crippen molar-refractivity contribution in [2.24, 2.45) is 0 Å². The highest BCUT2D eigenvalue weighted by Gasteiger charge is 2.14. The van der Waals surface area contributed by atoms with Gasteiger partial charge in [0.15, 0.2) is 0 Å². The molecule has 0 atom stereocenters. The average Bonchev–Trinajstić information content (AvgIpc) is 2.46. The van der Waals surface area contributed by atoms with E-state index in [4.69, 9.17) is 0 Å². The first-order valence-electron chi connectivity index (χ1n) is 5.93. The van der Waals surface area contributed by atoms with Crippen LogP contribution in [0, 0.1) is 6.92 Å². The van der Waals surface area contributed by atoms with Gasteiger partial charge in [-0.05, 0) is 30.7 Å². The summed E-state index contributed by atoms with van der Waals surface area (Å²) in [5.74, 6) is -0.149. The van der Waals surface area contributed by atoms with Crippen LogP contribution < -0.4 is 0 Å². The number of benzene rings is 1. The molecule has 1 aromatic carbocycles. The molecule has 0 N–H and O–H groups in total. The largest absolute Gasteiger partial charge is 0.287 e. The van der Waals surface area contributed by atoms with E-state index in [1.807, 2.05) is 37.3 Å². The Labute approximate surface area is 110 Å². The third kappa shape index (κ3) is 2.08. The topological polar surface area (TPSA) is 55.7 Å². The van der Waals surface area contributed by atoms with Gasteiger partial charge in [-0.1, -0.05) is 12.1 Å². The lowest BCUT2D eigenvalue weighted by Crippen LogP contribution is -2.07. The third-order valence-corrected chi connectivity index (χ3v) is 2.96. The van der Waals surface area contributed by atoms with Crippen LogP contribution in [0.5, 0.6) is 0 Å². The van der Waals surface area contributed by atoms with Crippen molar-refractivity contribution < 1.29 is 4.79 Å². The molecule has 0 radical (unpaired) electrons. The highest BCUT2D eigenvalue weighted by Crippen LogP contribution is 2.13. The van der Waals surface area contributed by atoms with Crippen LogP contribution in [0.25, 0.3) is 11.0 Å². The summed E-state index contributed by atoms with van der Waals surface area (Å²) in [5.41, 5.74) is 3.29. The number of rotatable bonds is 2. The molecule has 4 heteroatoms. The summed E-state index contributed by atoms with van der Waals surface area (Å²) in [5, 5.41) is 0. The van der Waals surface area contributed by atoms with Crippen LogP contribution in [0.15, 0.2) is 48.9 Å². The Hall–Kier alpha value is -2.62. The van der Waals surface area contributed by atoms with Gasteiger partial charge in [0.1, 0.15) is 5.69 Å². The molecule has 2 aromatic heterocycles. The van der Waals surface area contributed by atoms with E-state index in [-0.39, 0.29) is 5.78 Å². The fourth-order valence-corrected chi connectivity index (χ4v) is 1.91.